The Balaban J connectivity index is 2.09. The minimum atomic E-state index is 0.254. The lowest BCUT2D eigenvalue weighted by Crippen LogP contribution is -2.33. The number of hydrogen-bond donors (Lipinski definition) is 2. The van der Waals surface area contributed by atoms with Crippen molar-refractivity contribution in [1.82, 2.24) is 10.2 Å². The van der Waals surface area contributed by atoms with Crippen LogP contribution in [-0.4, -0.2) is 55.9 Å². The average Bonchev–Trinajstić information content (AvgIpc) is 2.71. The molecule has 1 aromatic carbocycles. The zero-order valence-corrected chi connectivity index (χ0v) is 14.4. The van der Waals surface area contributed by atoms with E-state index in [1.54, 1.807) is 0 Å². The molecule has 2 N–H and O–H groups in total. The van der Waals surface area contributed by atoms with E-state index in [1.807, 2.05) is 0 Å². The summed E-state index contributed by atoms with van der Waals surface area (Å²) in [6.45, 7) is 9.29. The molecule has 21 heavy (non-hydrogen) atoms. The lowest BCUT2D eigenvalue weighted by Gasteiger charge is -2.26. The normalized spacial score (nSPS) is 17.0. The van der Waals surface area contributed by atoms with Gasteiger partial charge in [0, 0.05) is 42.9 Å². The molecule has 5 heteroatoms. The van der Waals surface area contributed by atoms with Gasteiger partial charge in [-0.1, -0.05) is 22.9 Å². The smallest absolute Gasteiger partial charge is 0.0558 e. The number of halogens is 1. The van der Waals surface area contributed by atoms with Crippen molar-refractivity contribution >= 4 is 21.6 Å². The second kappa shape index (κ2) is 8.73. The number of β-amino-alcohol motifs (C(OH)–C–C–N with tert-alkyl or cyclic N) is 1. The summed E-state index contributed by atoms with van der Waals surface area (Å²) >= 11 is 3.58. The van der Waals surface area contributed by atoms with E-state index in [9.17, 15) is 0 Å². The number of anilines is 1. The Kier molecular flexibility index (Phi) is 6.96. The van der Waals surface area contributed by atoms with Crippen molar-refractivity contribution in [3.8, 4) is 0 Å². The molecule has 0 atom stereocenters. The van der Waals surface area contributed by atoms with Crippen molar-refractivity contribution < 1.29 is 5.11 Å². The standard InChI is InChI=1S/C16H26BrN3O/c1-2-18-13-14-12-15(17)4-5-16(14)20-7-3-6-19(8-9-20)10-11-21/h4-5,12,18,21H,2-3,6-11,13H2,1H3. The summed E-state index contributed by atoms with van der Waals surface area (Å²) in [5.74, 6) is 0. The molecule has 1 aromatic rings. The van der Waals surface area contributed by atoms with Crippen LogP contribution in [-0.2, 0) is 6.54 Å². The first-order valence-corrected chi connectivity index (χ1v) is 8.61. The lowest BCUT2D eigenvalue weighted by atomic mass is 10.1. The molecule has 1 aliphatic rings. The first-order valence-electron chi connectivity index (χ1n) is 7.82. The largest absolute Gasteiger partial charge is 0.395 e. The number of hydrogen-bond acceptors (Lipinski definition) is 4. The molecule has 2 rings (SSSR count). The highest BCUT2D eigenvalue weighted by Crippen LogP contribution is 2.25. The SMILES string of the molecule is CCNCc1cc(Br)ccc1N1CCCN(CCO)CC1. The molecule has 0 bridgehead atoms. The van der Waals surface area contributed by atoms with Crippen molar-refractivity contribution in [2.45, 2.75) is 19.9 Å². The monoisotopic (exact) mass is 355 g/mol. The van der Waals surface area contributed by atoms with Gasteiger partial charge in [-0.2, -0.15) is 0 Å². The topological polar surface area (TPSA) is 38.7 Å². The van der Waals surface area contributed by atoms with Crippen LogP contribution < -0.4 is 10.2 Å². The van der Waals surface area contributed by atoms with Crippen LogP contribution in [0.5, 0.6) is 0 Å². The zero-order valence-electron chi connectivity index (χ0n) is 12.8. The number of rotatable bonds is 6. The lowest BCUT2D eigenvalue weighted by molar-refractivity contribution is 0.204. The van der Waals surface area contributed by atoms with E-state index in [0.717, 1.165) is 56.7 Å². The summed E-state index contributed by atoms with van der Waals surface area (Å²) in [4.78, 5) is 4.83. The van der Waals surface area contributed by atoms with Gasteiger partial charge in [0.2, 0.25) is 0 Å². The Morgan fingerprint density at radius 1 is 1.24 bits per heavy atom. The first-order chi connectivity index (χ1) is 10.2. The summed E-state index contributed by atoms with van der Waals surface area (Å²) < 4.78 is 1.14. The van der Waals surface area contributed by atoms with Crippen LogP contribution in [0.1, 0.15) is 18.9 Å². The molecule has 1 aliphatic heterocycles. The maximum atomic E-state index is 9.10. The Bertz CT molecular complexity index is 442. The molecule has 1 fully saturated rings. The zero-order chi connectivity index (χ0) is 15.1. The van der Waals surface area contributed by atoms with E-state index in [2.05, 4.69) is 56.2 Å². The summed E-state index contributed by atoms with van der Waals surface area (Å²) in [5, 5.41) is 12.5. The molecule has 0 spiro atoms. The summed E-state index contributed by atoms with van der Waals surface area (Å²) in [7, 11) is 0. The molecular formula is C16H26BrN3O. The summed E-state index contributed by atoms with van der Waals surface area (Å²) in [6, 6.07) is 6.56. The third-order valence-electron chi connectivity index (χ3n) is 3.95. The van der Waals surface area contributed by atoms with Gasteiger partial charge in [-0.05, 0) is 43.3 Å². The van der Waals surface area contributed by atoms with Crippen molar-refractivity contribution in [1.29, 1.82) is 0 Å². The number of aliphatic hydroxyl groups is 1. The molecule has 0 radical (unpaired) electrons. The third-order valence-corrected chi connectivity index (χ3v) is 4.45. The van der Waals surface area contributed by atoms with Crippen molar-refractivity contribution in [2.24, 2.45) is 0 Å². The van der Waals surface area contributed by atoms with E-state index in [0.29, 0.717) is 0 Å². The van der Waals surface area contributed by atoms with Gasteiger partial charge < -0.3 is 15.3 Å². The van der Waals surface area contributed by atoms with Crippen LogP contribution in [0, 0.1) is 0 Å². The maximum Gasteiger partial charge on any atom is 0.0558 e. The number of nitrogens with one attached hydrogen (secondary N) is 1. The fraction of sp³-hybridized carbons (Fsp3) is 0.625. The van der Waals surface area contributed by atoms with Crippen LogP contribution >= 0.6 is 15.9 Å². The van der Waals surface area contributed by atoms with Gasteiger partial charge in [-0.25, -0.2) is 0 Å². The van der Waals surface area contributed by atoms with Gasteiger partial charge >= 0.3 is 0 Å². The van der Waals surface area contributed by atoms with Gasteiger partial charge in [0.25, 0.3) is 0 Å². The maximum absolute atomic E-state index is 9.10. The molecule has 1 heterocycles. The van der Waals surface area contributed by atoms with Gasteiger partial charge in [-0.15, -0.1) is 0 Å². The summed E-state index contributed by atoms with van der Waals surface area (Å²) in [6.07, 6.45) is 1.15. The first kappa shape index (κ1) is 16.7. The Morgan fingerprint density at radius 2 is 2.10 bits per heavy atom. The predicted molar refractivity (Wildman–Crippen MR) is 91.9 cm³/mol. The second-order valence-corrected chi connectivity index (χ2v) is 6.37. The second-order valence-electron chi connectivity index (χ2n) is 5.46. The van der Waals surface area contributed by atoms with E-state index in [-0.39, 0.29) is 6.61 Å². The Labute approximate surface area is 136 Å². The van der Waals surface area contributed by atoms with Gasteiger partial charge in [0.15, 0.2) is 0 Å². The van der Waals surface area contributed by atoms with E-state index in [4.69, 9.17) is 5.11 Å². The van der Waals surface area contributed by atoms with Crippen LogP contribution in [0.4, 0.5) is 5.69 Å². The van der Waals surface area contributed by atoms with Crippen molar-refractivity contribution in [3.05, 3.63) is 28.2 Å². The van der Waals surface area contributed by atoms with Crippen molar-refractivity contribution in [2.75, 3.05) is 50.8 Å². The Morgan fingerprint density at radius 3 is 2.86 bits per heavy atom. The van der Waals surface area contributed by atoms with Crippen LogP contribution in [0.25, 0.3) is 0 Å². The number of benzene rings is 1. The molecule has 4 nitrogen and oxygen atoms in total. The molecular weight excluding hydrogens is 330 g/mol. The molecule has 1 saturated heterocycles. The third kappa shape index (κ3) is 4.95. The molecule has 118 valence electrons. The van der Waals surface area contributed by atoms with E-state index < -0.39 is 0 Å². The van der Waals surface area contributed by atoms with Gasteiger partial charge in [0.1, 0.15) is 0 Å². The number of aliphatic hydroxyl groups excluding tert-OH is 1. The highest BCUT2D eigenvalue weighted by molar-refractivity contribution is 9.10. The molecule has 0 aromatic heterocycles. The number of nitrogens with zero attached hydrogens (tertiary/aromatic N) is 2. The molecule has 0 amide bonds. The van der Waals surface area contributed by atoms with Crippen LogP contribution in [0.15, 0.2) is 22.7 Å². The van der Waals surface area contributed by atoms with E-state index in [1.165, 1.54) is 11.3 Å². The minimum Gasteiger partial charge on any atom is -0.395 e. The van der Waals surface area contributed by atoms with Crippen LogP contribution in [0.2, 0.25) is 0 Å². The highest BCUT2D eigenvalue weighted by atomic mass is 79.9. The van der Waals surface area contributed by atoms with E-state index >= 15 is 0 Å². The average molecular weight is 356 g/mol. The minimum absolute atomic E-state index is 0.254. The highest BCUT2D eigenvalue weighted by Gasteiger charge is 2.17. The Hall–Kier alpha value is -0.620. The fourth-order valence-electron chi connectivity index (χ4n) is 2.84. The molecule has 0 aliphatic carbocycles. The predicted octanol–water partition coefficient (Wildman–Crippen LogP) is 2.06. The summed E-state index contributed by atoms with van der Waals surface area (Å²) in [5.41, 5.74) is 2.69. The fourth-order valence-corrected chi connectivity index (χ4v) is 3.25. The molecule has 0 unspecified atom stereocenters. The van der Waals surface area contributed by atoms with Crippen LogP contribution in [0.3, 0.4) is 0 Å². The van der Waals surface area contributed by atoms with Gasteiger partial charge in [0.05, 0.1) is 6.61 Å². The van der Waals surface area contributed by atoms with Crippen molar-refractivity contribution in [3.63, 3.8) is 0 Å². The quantitative estimate of drug-likeness (QED) is 0.819. The van der Waals surface area contributed by atoms with Gasteiger partial charge in [-0.3, -0.25) is 4.90 Å². The molecule has 0 saturated carbocycles.